The molecule has 2 aliphatic heterocycles. The molecule has 1 amide bonds. The van der Waals surface area contributed by atoms with Crippen LogP contribution >= 0.6 is 0 Å². The van der Waals surface area contributed by atoms with E-state index in [0.29, 0.717) is 17.3 Å². The third-order valence-corrected chi connectivity index (χ3v) is 7.22. The Bertz CT molecular complexity index is 1360. The first-order valence-electron chi connectivity index (χ1n) is 12.6. The quantitative estimate of drug-likeness (QED) is 0.399. The summed E-state index contributed by atoms with van der Waals surface area (Å²) >= 11 is 0. The fourth-order valence-corrected chi connectivity index (χ4v) is 5.04. The monoisotopic (exact) mass is 485 g/mol. The molecule has 4 aromatic heterocycles. The van der Waals surface area contributed by atoms with Crippen molar-refractivity contribution < 1.29 is 4.79 Å². The third kappa shape index (κ3) is 4.57. The maximum absolute atomic E-state index is 13.1. The third-order valence-electron chi connectivity index (χ3n) is 7.22. The number of hydrogen-bond donors (Lipinski definition) is 3. The van der Waals surface area contributed by atoms with Crippen LogP contribution in [0.1, 0.15) is 29.2 Å². The van der Waals surface area contributed by atoms with Crippen molar-refractivity contribution in [3.05, 3.63) is 54.7 Å². The number of amides is 1. The highest BCUT2D eigenvalue weighted by Crippen LogP contribution is 2.30. The van der Waals surface area contributed by atoms with Crippen molar-refractivity contribution in [2.45, 2.75) is 18.9 Å². The normalized spacial score (nSPS) is 17.5. The van der Waals surface area contributed by atoms with Crippen molar-refractivity contribution in [2.75, 3.05) is 56.5 Å². The second kappa shape index (κ2) is 9.71. The molecule has 0 aliphatic carbocycles. The maximum Gasteiger partial charge on any atom is 0.257 e. The minimum absolute atomic E-state index is 0.200. The summed E-state index contributed by atoms with van der Waals surface area (Å²) in [6.07, 6.45) is 11.1. The summed E-state index contributed by atoms with van der Waals surface area (Å²) in [6, 6.07) is 6.39. The molecule has 0 bridgehead atoms. The van der Waals surface area contributed by atoms with Crippen LogP contribution < -0.4 is 15.5 Å². The van der Waals surface area contributed by atoms with Crippen LogP contribution in [0.5, 0.6) is 0 Å². The molecule has 0 spiro atoms. The molecule has 0 saturated carbocycles. The molecule has 0 atom stereocenters. The number of nitrogens with zero attached hydrogens (tertiary/aromatic N) is 6. The van der Waals surface area contributed by atoms with Gasteiger partial charge >= 0.3 is 0 Å². The molecule has 186 valence electrons. The molecule has 10 nitrogen and oxygen atoms in total. The minimum Gasteiger partial charge on any atom is -0.354 e. The Morgan fingerprint density at radius 1 is 1.08 bits per heavy atom. The van der Waals surface area contributed by atoms with Crippen LogP contribution in [0.25, 0.3) is 22.2 Å². The number of likely N-dealkylation sites (N-methyl/N-ethyl adjacent to an activating group) is 1. The van der Waals surface area contributed by atoms with Crippen LogP contribution in [-0.2, 0) is 0 Å². The van der Waals surface area contributed by atoms with Crippen LogP contribution in [0.4, 0.5) is 11.5 Å². The molecule has 0 radical (unpaired) electrons. The van der Waals surface area contributed by atoms with Gasteiger partial charge in [0.2, 0.25) is 0 Å². The van der Waals surface area contributed by atoms with Gasteiger partial charge < -0.3 is 25.4 Å². The average molecular weight is 486 g/mol. The molecular formula is C26H31N9O. The first kappa shape index (κ1) is 22.7. The fourth-order valence-electron chi connectivity index (χ4n) is 5.04. The molecular weight excluding hydrogens is 454 g/mol. The predicted molar refractivity (Wildman–Crippen MR) is 140 cm³/mol. The SMILES string of the molecule is CN1CCN(c2cc(-c3c[nH]c4ncc(C(=O)Nc5cnn(C6CCNCC6)c5)cc34)ccn2)CC1. The Morgan fingerprint density at radius 2 is 1.92 bits per heavy atom. The van der Waals surface area contributed by atoms with Gasteiger partial charge in [-0.1, -0.05) is 0 Å². The van der Waals surface area contributed by atoms with E-state index in [2.05, 4.69) is 53.6 Å². The number of rotatable bonds is 5. The molecule has 2 saturated heterocycles. The van der Waals surface area contributed by atoms with E-state index < -0.39 is 0 Å². The summed E-state index contributed by atoms with van der Waals surface area (Å²) in [6.45, 7) is 5.95. The van der Waals surface area contributed by atoms with Gasteiger partial charge in [-0.2, -0.15) is 5.10 Å². The Kier molecular flexibility index (Phi) is 6.12. The van der Waals surface area contributed by atoms with Crippen molar-refractivity contribution in [3.63, 3.8) is 0 Å². The van der Waals surface area contributed by atoms with Crippen LogP contribution in [0.3, 0.4) is 0 Å². The number of hydrogen-bond acceptors (Lipinski definition) is 7. The highest BCUT2D eigenvalue weighted by molar-refractivity contribution is 6.07. The van der Waals surface area contributed by atoms with Gasteiger partial charge in [0, 0.05) is 61.9 Å². The lowest BCUT2D eigenvalue weighted by atomic mass is 10.1. The number of piperazine rings is 1. The van der Waals surface area contributed by atoms with E-state index in [1.165, 1.54) is 0 Å². The topological polar surface area (TPSA) is 107 Å². The van der Waals surface area contributed by atoms with Gasteiger partial charge in [0.25, 0.3) is 5.91 Å². The highest BCUT2D eigenvalue weighted by Gasteiger charge is 2.19. The molecule has 6 heterocycles. The number of aromatic nitrogens is 5. The smallest absolute Gasteiger partial charge is 0.257 e. The molecule has 0 unspecified atom stereocenters. The van der Waals surface area contributed by atoms with Crippen molar-refractivity contribution in [3.8, 4) is 11.1 Å². The fraction of sp³-hybridized carbons (Fsp3) is 0.385. The highest BCUT2D eigenvalue weighted by atomic mass is 16.1. The number of fused-ring (bicyclic) bond motifs is 1. The number of carbonyl (C=O) groups excluding carboxylic acids is 1. The van der Waals surface area contributed by atoms with Crippen molar-refractivity contribution in [2.24, 2.45) is 0 Å². The van der Waals surface area contributed by atoms with Crippen molar-refractivity contribution in [1.82, 2.24) is 34.9 Å². The number of pyridine rings is 2. The largest absolute Gasteiger partial charge is 0.354 e. The van der Waals surface area contributed by atoms with E-state index in [9.17, 15) is 4.79 Å². The molecule has 6 rings (SSSR count). The Labute approximate surface area is 209 Å². The molecule has 2 aliphatic rings. The lowest BCUT2D eigenvalue weighted by Crippen LogP contribution is -2.44. The molecule has 4 aromatic rings. The second-order valence-corrected chi connectivity index (χ2v) is 9.66. The second-order valence-electron chi connectivity index (χ2n) is 9.66. The Morgan fingerprint density at radius 3 is 2.75 bits per heavy atom. The summed E-state index contributed by atoms with van der Waals surface area (Å²) in [5.41, 5.74) is 4.00. The van der Waals surface area contributed by atoms with Gasteiger partial charge in [-0.25, -0.2) is 9.97 Å². The van der Waals surface area contributed by atoms with E-state index in [1.54, 1.807) is 12.4 Å². The van der Waals surface area contributed by atoms with Gasteiger partial charge in [-0.15, -0.1) is 0 Å². The Balaban J connectivity index is 1.22. The van der Waals surface area contributed by atoms with Gasteiger partial charge in [0.1, 0.15) is 11.5 Å². The summed E-state index contributed by atoms with van der Waals surface area (Å²) < 4.78 is 1.96. The number of piperidine rings is 1. The zero-order chi connectivity index (χ0) is 24.5. The van der Waals surface area contributed by atoms with Crippen LogP contribution in [0.15, 0.2) is 49.2 Å². The first-order chi connectivity index (χ1) is 17.6. The van der Waals surface area contributed by atoms with E-state index in [4.69, 9.17) is 0 Å². The molecule has 2 fully saturated rings. The molecule has 36 heavy (non-hydrogen) atoms. The van der Waals surface area contributed by atoms with Crippen LogP contribution in [0.2, 0.25) is 0 Å². The molecule has 10 heteroatoms. The van der Waals surface area contributed by atoms with Gasteiger partial charge in [0.15, 0.2) is 0 Å². The summed E-state index contributed by atoms with van der Waals surface area (Å²) in [4.78, 5) is 30.1. The van der Waals surface area contributed by atoms with Crippen LogP contribution in [-0.4, -0.2) is 81.9 Å². The summed E-state index contributed by atoms with van der Waals surface area (Å²) in [7, 11) is 2.15. The molecule has 3 N–H and O–H groups in total. The standard InChI is InChI=1S/C26H31N9O/c1-33-8-10-34(11-9-33)24-13-18(2-7-28-24)23-16-30-25-22(23)12-19(14-29-25)26(36)32-20-15-31-35(17-20)21-3-5-27-6-4-21/h2,7,12-17,21,27H,3-6,8-11H2,1H3,(H,29,30)(H,32,36). The summed E-state index contributed by atoms with van der Waals surface area (Å²) in [5.74, 6) is 0.775. The van der Waals surface area contributed by atoms with Gasteiger partial charge in [-0.05, 0) is 56.7 Å². The zero-order valence-corrected chi connectivity index (χ0v) is 20.4. The van der Waals surface area contributed by atoms with Crippen LogP contribution in [0, 0.1) is 0 Å². The lowest BCUT2D eigenvalue weighted by molar-refractivity contribution is 0.102. The number of anilines is 2. The summed E-state index contributed by atoms with van der Waals surface area (Å²) in [5, 5.41) is 11.7. The van der Waals surface area contributed by atoms with E-state index >= 15 is 0 Å². The Hall–Kier alpha value is -3.76. The molecule has 0 aromatic carbocycles. The van der Waals surface area contributed by atoms with Crippen molar-refractivity contribution >= 4 is 28.4 Å². The zero-order valence-electron chi connectivity index (χ0n) is 20.4. The maximum atomic E-state index is 13.1. The number of aromatic amines is 1. The average Bonchev–Trinajstić information content (AvgIpc) is 3.56. The lowest BCUT2D eigenvalue weighted by Gasteiger charge is -2.33. The van der Waals surface area contributed by atoms with E-state index in [0.717, 1.165) is 80.1 Å². The minimum atomic E-state index is -0.200. The number of H-pyrrole nitrogens is 1. The predicted octanol–water partition coefficient (Wildman–Crippen LogP) is 2.75. The van der Waals surface area contributed by atoms with Gasteiger partial charge in [-0.3, -0.25) is 9.48 Å². The number of nitrogens with one attached hydrogen (secondary N) is 3. The van der Waals surface area contributed by atoms with Crippen molar-refractivity contribution in [1.29, 1.82) is 0 Å². The van der Waals surface area contributed by atoms with Gasteiger partial charge in [0.05, 0.1) is 23.5 Å². The first-order valence-corrected chi connectivity index (χ1v) is 12.6. The van der Waals surface area contributed by atoms with E-state index in [-0.39, 0.29) is 5.91 Å². The van der Waals surface area contributed by atoms with E-state index in [1.807, 2.05) is 35.4 Å². The number of carbonyl (C=O) groups is 1.